The Kier molecular flexibility index (Phi) is 7.29. The van der Waals surface area contributed by atoms with Gasteiger partial charge in [0.15, 0.2) is 6.61 Å². The largest absolute Gasteiger partial charge is 0.482 e. The quantitative estimate of drug-likeness (QED) is 0.294. The Morgan fingerprint density at radius 1 is 1.05 bits per heavy atom. The van der Waals surface area contributed by atoms with Crippen LogP contribution in [0.2, 0.25) is 0 Å². The molecule has 5 rings (SSSR count). The van der Waals surface area contributed by atoms with E-state index in [2.05, 4.69) is 37.1 Å². The number of hydrogen-bond acceptors (Lipinski definition) is 5. The molecule has 0 spiro atoms. The molecule has 0 saturated carbocycles. The minimum Gasteiger partial charge on any atom is -0.482 e. The van der Waals surface area contributed by atoms with Gasteiger partial charge in [-0.2, -0.15) is 0 Å². The maximum atomic E-state index is 13.3. The predicted octanol–water partition coefficient (Wildman–Crippen LogP) is 6.28. The number of benzene rings is 3. The van der Waals surface area contributed by atoms with Crippen LogP contribution >= 0.6 is 11.3 Å². The number of carbonyl (C=O) groups excluding carboxylic acids is 2. The van der Waals surface area contributed by atoms with E-state index in [4.69, 9.17) is 4.74 Å². The molecule has 2 amide bonds. The number of thiazole rings is 1. The molecular weight excluding hydrogens is 494 g/mol. The Labute approximate surface area is 227 Å². The van der Waals surface area contributed by atoms with Gasteiger partial charge < -0.3 is 10.1 Å². The second-order valence-corrected chi connectivity index (χ2v) is 11.0. The standard InChI is InChI=1S/C31H31N3O3S/c1-4-31(2,3)23-15-16-26-25(17-23)34(28(35)19-37-26)18-27-32-24(20-38-27)30(36)33-29(21-11-7-5-8-12-21)22-13-9-6-10-14-22/h5-17,20,29H,4,18-19H2,1-3H3,(H,33,36). The van der Waals surface area contributed by atoms with Crippen molar-refractivity contribution >= 4 is 28.8 Å². The molecule has 0 unspecified atom stereocenters. The van der Waals surface area contributed by atoms with Crippen molar-refractivity contribution in [1.82, 2.24) is 10.3 Å². The highest BCUT2D eigenvalue weighted by atomic mass is 32.1. The first kappa shape index (κ1) is 25.7. The minimum absolute atomic E-state index is 0.0158. The second-order valence-electron chi connectivity index (χ2n) is 10.0. The zero-order valence-electron chi connectivity index (χ0n) is 21.8. The molecule has 3 aromatic carbocycles. The summed E-state index contributed by atoms with van der Waals surface area (Å²) in [5.41, 5.74) is 4.18. The lowest BCUT2D eigenvalue weighted by Gasteiger charge is -2.31. The van der Waals surface area contributed by atoms with Crippen molar-refractivity contribution in [3.8, 4) is 5.75 Å². The lowest BCUT2D eigenvalue weighted by atomic mass is 9.82. The van der Waals surface area contributed by atoms with Crippen LogP contribution in [0.5, 0.6) is 5.75 Å². The Morgan fingerprint density at radius 2 is 1.71 bits per heavy atom. The first-order valence-electron chi connectivity index (χ1n) is 12.8. The normalized spacial score (nSPS) is 13.3. The van der Waals surface area contributed by atoms with E-state index in [1.165, 1.54) is 11.3 Å². The maximum Gasteiger partial charge on any atom is 0.271 e. The van der Waals surface area contributed by atoms with Crippen molar-refractivity contribution in [2.75, 3.05) is 11.5 Å². The summed E-state index contributed by atoms with van der Waals surface area (Å²) in [5, 5.41) is 5.58. The summed E-state index contributed by atoms with van der Waals surface area (Å²) in [6.45, 7) is 6.80. The van der Waals surface area contributed by atoms with Crippen LogP contribution in [0.4, 0.5) is 5.69 Å². The predicted molar refractivity (Wildman–Crippen MR) is 151 cm³/mol. The van der Waals surface area contributed by atoms with Crippen molar-refractivity contribution in [2.45, 2.75) is 45.2 Å². The average Bonchev–Trinajstić information content (AvgIpc) is 3.42. The van der Waals surface area contributed by atoms with Crippen molar-refractivity contribution < 1.29 is 14.3 Å². The van der Waals surface area contributed by atoms with Gasteiger partial charge >= 0.3 is 0 Å². The van der Waals surface area contributed by atoms with Crippen LogP contribution < -0.4 is 15.0 Å². The van der Waals surface area contributed by atoms with Crippen LogP contribution in [0.15, 0.2) is 84.2 Å². The topological polar surface area (TPSA) is 71.5 Å². The van der Waals surface area contributed by atoms with Gasteiger partial charge in [0, 0.05) is 5.38 Å². The van der Waals surface area contributed by atoms with Gasteiger partial charge in [-0.25, -0.2) is 4.98 Å². The van der Waals surface area contributed by atoms with E-state index in [1.807, 2.05) is 72.8 Å². The van der Waals surface area contributed by atoms with Crippen LogP contribution in [-0.2, 0) is 16.8 Å². The van der Waals surface area contributed by atoms with E-state index in [0.717, 1.165) is 28.8 Å². The zero-order chi connectivity index (χ0) is 26.7. The smallest absolute Gasteiger partial charge is 0.271 e. The molecular formula is C31H31N3O3S. The highest BCUT2D eigenvalue weighted by molar-refractivity contribution is 7.09. The molecule has 4 aromatic rings. The lowest BCUT2D eigenvalue weighted by molar-refractivity contribution is -0.121. The molecule has 0 fully saturated rings. The number of rotatable bonds is 8. The minimum atomic E-state index is -0.303. The van der Waals surface area contributed by atoms with E-state index in [0.29, 0.717) is 16.5 Å². The molecule has 0 bridgehead atoms. The van der Waals surface area contributed by atoms with Gasteiger partial charge in [-0.05, 0) is 40.7 Å². The lowest BCUT2D eigenvalue weighted by Crippen LogP contribution is -2.38. The highest BCUT2D eigenvalue weighted by Crippen LogP contribution is 2.38. The van der Waals surface area contributed by atoms with Gasteiger partial charge in [0.25, 0.3) is 11.8 Å². The highest BCUT2D eigenvalue weighted by Gasteiger charge is 2.29. The summed E-state index contributed by atoms with van der Waals surface area (Å²) in [5.74, 6) is 0.299. The fraction of sp³-hybridized carbons (Fsp3) is 0.258. The Hall–Kier alpha value is -3.97. The van der Waals surface area contributed by atoms with Crippen molar-refractivity contribution in [3.05, 3.63) is 112 Å². The fourth-order valence-corrected chi connectivity index (χ4v) is 5.24. The number of aromatic nitrogens is 1. The van der Waals surface area contributed by atoms with Crippen molar-refractivity contribution in [2.24, 2.45) is 0 Å². The molecule has 1 aromatic heterocycles. The third-order valence-electron chi connectivity index (χ3n) is 7.19. The molecule has 6 nitrogen and oxygen atoms in total. The molecule has 1 N–H and O–H groups in total. The first-order chi connectivity index (χ1) is 18.4. The summed E-state index contributed by atoms with van der Waals surface area (Å²) in [4.78, 5) is 32.5. The first-order valence-corrected chi connectivity index (χ1v) is 13.7. The summed E-state index contributed by atoms with van der Waals surface area (Å²) in [6.07, 6.45) is 0.971. The summed E-state index contributed by atoms with van der Waals surface area (Å²) < 4.78 is 5.70. The van der Waals surface area contributed by atoms with Gasteiger partial charge in [-0.3, -0.25) is 14.5 Å². The fourth-order valence-electron chi connectivity index (χ4n) is 4.48. The zero-order valence-corrected chi connectivity index (χ0v) is 22.6. The summed E-state index contributed by atoms with van der Waals surface area (Å²) in [7, 11) is 0. The monoisotopic (exact) mass is 525 g/mol. The summed E-state index contributed by atoms with van der Waals surface area (Å²) in [6, 6.07) is 25.5. The number of nitrogens with zero attached hydrogens (tertiary/aromatic N) is 2. The number of ether oxygens (including phenoxy) is 1. The second kappa shape index (κ2) is 10.8. The molecule has 1 aliphatic rings. The molecule has 0 atom stereocenters. The number of hydrogen-bond donors (Lipinski definition) is 1. The average molecular weight is 526 g/mol. The number of amides is 2. The number of anilines is 1. The third-order valence-corrected chi connectivity index (χ3v) is 8.02. The SMILES string of the molecule is CCC(C)(C)c1ccc2c(c1)N(Cc1nc(C(=O)NC(c3ccccc3)c3ccccc3)cs1)C(=O)CO2. The Balaban J connectivity index is 1.37. The van der Waals surface area contributed by atoms with Gasteiger partial charge in [-0.1, -0.05) is 87.5 Å². The molecule has 0 radical (unpaired) electrons. The van der Waals surface area contributed by atoms with Gasteiger partial charge in [0.05, 0.1) is 18.3 Å². The molecule has 0 aliphatic carbocycles. The van der Waals surface area contributed by atoms with E-state index in [1.54, 1.807) is 10.3 Å². The van der Waals surface area contributed by atoms with Crippen LogP contribution in [0.1, 0.15) is 65.4 Å². The molecule has 0 saturated heterocycles. The van der Waals surface area contributed by atoms with Crippen LogP contribution in [0.25, 0.3) is 0 Å². The van der Waals surface area contributed by atoms with E-state index >= 15 is 0 Å². The van der Waals surface area contributed by atoms with E-state index in [9.17, 15) is 9.59 Å². The van der Waals surface area contributed by atoms with Crippen LogP contribution in [0, 0.1) is 0 Å². The molecule has 1 aliphatic heterocycles. The van der Waals surface area contributed by atoms with Crippen LogP contribution in [-0.4, -0.2) is 23.4 Å². The molecule has 38 heavy (non-hydrogen) atoms. The van der Waals surface area contributed by atoms with Crippen molar-refractivity contribution in [1.29, 1.82) is 0 Å². The Morgan fingerprint density at radius 3 is 2.34 bits per heavy atom. The van der Waals surface area contributed by atoms with Gasteiger partial charge in [0.1, 0.15) is 16.5 Å². The number of nitrogens with one attached hydrogen (secondary N) is 1. The van der Waals surface area contributed by atoms with Gasteiger partial charge in [0.2, 0.25) is 0 Å². The van der Waals surface area contributed by atoms with E-state index < -0.39 is 0 Å². The Bertz CT molecular complexity index is 1390. The van der Waals surface area contributed by atoms with Crippen molar-refractivity contribution in [3.63, 3.8) is 0 Å². The molecule has 7 heteroatoms. The third kappa shape index (κ3) is 5.34. The van der Waals surface area contributed by atoms with Gasteiger partial charge in [-0.15, -0.1) is 11.3 Å². The number of carbonyl (C=O) groups is 2. The van der Waals surface area contributed by atoms with E-state index in [-0.39, 0.29) is 36.4 Å². The molecule has 194 valence electrons. The maximum absolute atomic E-state index is 13.3. The number of fused-ring (bicyclic) bond motifs is 1. The molecule has 2 heterocycles. The van der Waals surface area contributed by atoms with Crippen LogP contribution in [0.3, 0.4) is 0 Å². The summed E-state index contributed by atoms with van der Waals surface area (Å²) >= 11 is 1.37.